The van der Waals surface area contributed by atoms with E-state index < -0.39 is 11.9 Å². The first-order valence-electron chi connectivity index (χ1n) is 11.0. The maximum absolute atomic E-state index is 13.1. The Morgan fingerprint density at radius 3 is 2.56 bits per heavy atom. The van der Waals surface area contributed by atoms with Crippen molar-refractivity contribution in [1.29, 1.82) is 0 Å². The highest BCUT2D eigenvalue weighted by Gasteiger charge is 2.35. The van der Waals surface area contributed by atoms with E-state index in [0.29, 0.717) is 23.7 Å². The zero-order chi connectivity index (χ0) is 23.9. The van der Waals surface area contributed by atoms with E-state index in [1.54, 1.807) is 30.5 Å². The van der Waals surface area contributed by atoms with Crippen LogP contribution in [0.3, 0.4) is 0 Å². The van der Waals surface area contributed by atoms with Crippen LogP contribution in [0.25, 0.3) is 22.5 Å². The summed E-state index contributed by atoms with van der Waals surface area (Å²) in [5, 5.41) is 6.98. The monoisotopic (exact) mass is 468 g/mol. The summed E-state index contributed by atoms with van der Waals surface area (Å²) in [6.45, 7) is 1.35. The molecule has 0 saturated heterocycles. The Morgan fingerprint density at radius 2 is 1.91 bits per heavy atom. The van der Waals surface area contributed by atoms with Crippen molar-refractivity contribution < 1.29 is 18.0 Å². The number of hydrogen-bond acceptors (Lipinski definition) is 3. The molecular formula is C24H23F3N6O. The third kappa shape index (κ3) is 4.35. The van der Waals surface area contributed by atoms with Gasteiger partial charge in [-0.25, -0.2) is 4.98 Å². The number of rotatable bonds is 5. The van der Waals surface area contributed by atoms with E-state index in [4.69, 9.17) is 4.98 Å². The van der Waals surface area contributed by atoms with E-state index in [9.17, 15) is 18.0 Å². The van der Waals surface area contributed by atoms with Gasteiger partial charge in [0.25, 0.3) is 5.91 Å². The predicted octanol–water partition coefficient (Wildman–Crippen LogP) is 4.29. The number of aryl methyl sites for hydroxylation is 2. The van der Waals surface area contributed by atoms with Gasteiger partial charge in [0.15, 0.2) is 0 Å². The molecule has 1 amide bonds. The first-order valence-corrected chi connectivity index (χ1v) is 11.0. The molecule has 4 aromatic rings. The fraction of sp³-hybridized carbons (Fsp3) is 0.292. The maximum Gasteiger partial charge on any atom is 0.433 e. The number of imidazole rings is 1. The molecule has 0 radical (unpaired) electrons. The van der Waals surface area contributed by atoms with E-state index in [0.717, 1.165) is 47.2 Å². The zero-order valence-electron chi connectivity index (χ0n) is 18.4. The number of carbonyl (C=O) groups is 1. The van der Waals surface area contributed by atoms with Gasteiger partial charge in [-0.05, 0) is 30.5 Å². The van der Waals surface area contributed by atoms with Gasteiger partial charge in [-0.2, -0.15) is 18.3 Å². The Labute approximate surface area is 193 Å². The summed E-state index contributed by atoms with van der Waals surface area (Å²) in [7, 11) is 1.29. The smallest absolute Gasteiger partial charge is 0.357 e. The molecule has 1 aliphatic heterocycles. The van der Waals surface area contributed by atoms with Gasteiger partial charge < -0.3 is 14.9 Å². The first-order chi connectivity index (χ1) is 16.3. The van der Waals surface area contributed by atoms with Crippen LogP contribution in [0.4, 0.5) is 13.2 Å². The number of H-pyrrole nitrogens is 1. The van der Waals surface area contributed by atoms with Crippen LogP contribution < -0.4 is 5.32 Å². The average Bonchev–Trinajstić information content (AvgIpc) is 3.56. The van der Waals surface area contributed by atoms with Crippen LogP contribution in [-0.4, -0.2) is 36.8 Å². The third-order valence-electron chi connectivity index (χ3n) is 6.13. The van der Waals surface area contributed by atoms with Crippen LogP contribution in [0.15, 0.2) is 54.9 Å². The number of aromatic amines is 1. The van der Waals surface area contributed by atoms with Gasteiger partial charge in [-0.1, -0.05) is 24.3 Å². The number of fused-ring (bicyclic) bond motifs is 1. The highest BCUT2D eigenvalue weighted by Crippen LogP contribution is 2.32. The molecule has 1 aromatic carbocycles. The molecule has 1 atom stereocenters. The largest absolute Gasteiger partial charge is 0.433 e. The van der Waals surface area contributed by atoms with Crippen LogP contribution in [-0.2, 0) is 26.2 Å². The minimum Gasteiger partial charge on any atom is -0.357 e. The number of nitrogens with one attached hydrogen (secondary N) is 2. The second kappa shape index (κ2) is 8.51. The summed E-state index contributed by atoms with van der Waals surface area (Å²) in [5.41, 5.74) is 2.34. The fourth-order valence-corrected chi connectivity index (χ4v) is 4.31. The SMILES string of the molecule is Cn1nc(-c2ccc(-c3cn4c(n3)CCC(CNC(=O)c3ccc[nH]3)C4)cc2)cc1C(F)(F)F. The molecule has 3 aromatic heterocycles. The van der Waals surface area contributed by atoms with Crippen molar-refractivity contribution in [3.05, 3.63) is 72.1 Å². The van der Waals surface area contributed by atoms with Crippen LogP contribution in [0.2, 0.25) is 0 Å². The molecule has 176 valence electrons. The van der Waals surface area contributed by atoms with E-state index in [1.807, 2.05) is 18.3 Å². The van der Waals surface area contributed by atoms with Gasteiger partial charge >= 0.3 is 6.18 Å². The van der Waals surface area contributed by atoms with Gasteiger partial charge in [0.2, 0.25) is 0 Å². The predicted molar refractivity (Wildman–Crippen MR) is 120 cm³/mol. The number of aromatic nitrogens is 5. The maximum atomic E-state index is 13.1. The lowest BCUT2D eigenvalue weighted by Gasteiger charge is -2.23. The van der Waals surface area contributed by atoms with Crippen molar-refractivity contribution in [3.8, 4) is 22.5 Å². The summed E-state index contributed by atoms with van der Waals surface area (Å²) in [6.07, 6.45) is 1.01. The molecule has 0 spiro atoms. The van der Waals surface area contributed by atoms with Crippen molar-refractivity contribution in [1.82, 2.24) is 29.6 Å². The standard InChI is InChI=1S/C24H23F3N6O/c1-32-21(24(25,26)27)11-19(31-32)16-5-7-17(8-6-16)20-14-33-13-15(4-9-22(33)30-20)12-29-23(34)18-3-2-10-28-18/h2-3,5-8,10-11,14-15,28H,4,9,12-13H2,1H3,(H,29,34). The van der Waals surface area contributed by atoms with Crippen molar-refractivity contribution in [2.75, 3.05) is 6.54 Å². The fourth-order valence-electron chi connectivity index (χ4n) is 4.31. The zero-order valence-corrected chi connectivity index (χ0v) is 18.4. The van der Waals surface area contributed by atoms with Gasteiger partial charge in [-0.3, -0.25) is 9.48 Å². The van der Waals surface area contributed by atoms with E-state index >= 15 is 0 Å². The Morgan fingerprint density at radius 1 is 1.18 bits per heavy atom. The molecule has 0 bridgehead atoms. The topological polar surface area (TPSA) is 80.5 Å². The molecule has 2 N–H and O–H groups in total. The van der Waals surface area contributed by atoms with Gasteiger partial charge in [0, 0.05) is 50.1 Å². The summed E-state index contributed by atoms with van der Waals surface area (Å²) in [5.74, 6) is 1.19. The average molecular weight is 468 g/mol. The number of benzene rings is 1. The van der Waals surface area contributed by atoms with Crippen LogP contribution in [0, 0.1) is 5.92 Å². The number of nitrogens with zero attached hydrogens (tertiary/aromatic N) is 4. The van der Waals surface area contributed by atoms with Crippen LogP contribution in [0.1, 0.15) is 28.4 Å². The normalized spacial score (nSPS) is 15.8. The van der Waals surface area contributed by atoms with Gasteiger partial charge in [0.1, 0.15) is 17.2 Å². The minimum absolute atomic E-state index is 0.113. The molecule has 0 aliphatic carbocycles. The van der Waals surface area contributed by atoms with E-state index in [-0.39, 0.29) is 11.6 Å². The minimum atomic E-state index is -4.45. The second-order valence-electron chi connectivity index (χ2n) is 8.51. The Hall–Kier alpha value is -3.82. The Bertz CT molecular complexity index is 1300. The highest BCUT2D eigenvalue weighted by molar-refractivity contribution is 5.92. The second-order valence-corrected chi connectivity index (χ2v) is 8.51. The van der Waals surface area contributed by atoms with E-state index in [2.05, 4.69) is 20.0 Å². The number of amides is 1. The molecule has 1 aliphatic rings. The Kier molecular flexibility index (Phi) is 5.51. The van der Waals surface area contributed by atoms with Gasteiger partial charge in [-0.15, -0.1) is 0 Å². The summed E-state index contributed by atoms with van der Waals surface area (Å²) >= 11 is 0. The lowest BCUT2D eigenvalue weighted by Crippen LogP contribution is -2.33. The number of hydrogen-bond donors (Lipinski definition) is 2. The summed E-state index contributed by atoms with van der Waals surface area (Å²) in [6, 6.07) is 11.8. The molecule has 5 rings (SSSR count). The third-order valence-corrected chi connectivity index (χ3v) is 6.13. The number of halogens is 3. The molecule has 0 fully saturated rings. The van der Waals surface area contributed by atoms with E-state index in [1.165, 1.54) is 7.05 Å². The van der Waals surface area contributed by atoms with Crippen molar-refractivity contribution in [2.45, 2.75) is 25.6 Å². The van der Waals surface area contributed by atoms with Crippen LogP contribution >= 0.6 is 0 Å². The van der Waals surface area contributed by atoms with Crippen molar-refractivity contribution in [2.24, 2.45) is 13.0 Å². The lowest BCUT2D eigenvalue weighted by atomic mass is 9.99. The van der Waals surface area contributed by atoms with Crippen LogP contribution in [0.5, 0.6) is 0 Å². The molecule has 1 unspecified atom stereocenters. The highest BCUT2D eigenvalue weighted by atomic mass is 19.4. The summed E-state index contributed by atoms with van der Waals surface area (Å²) < 4.78 is 42.2. The number of alkyl halides is 3. The molecule has 4 heterocycles. The Balaban J connectivity index is 1.26. The van der Waals surface area contributed by atoms with Gasteiger partial charge in [0.05, 0.1) is 11.4 Å². The molecule has 0 saturated carbocycles. The summed E-state index contributed by atoms with van der Waals surface area (Å²) in [4.78, 5) is 19.8. The lowest BCUT2D eigenvalue weighted by molar-refractivity contribution is -0.143. The molecule has 34 heavy (non-hydrogen) atoms. The molecule has 7 nitrogen and oxygen atoms in total. The van der Waals surface area contributed by atoms with Crippen molar-refractivity contribution in [3.63, 3.8) is 0 Å². The molecular weight excluding hydrogens is 445 g/mol. The molecule has 10 heteroatoms. The van der Waals surface area contributed by atoms with Crippen molar-refractivity contribution >= 4 is 5.91 Å². The quantitative estimate of drug-likeness (QED) is 0.459. The first kappa shape index (κ1) is 22.0. The number of carbonyl (C=O) groups excluding carboxylic acids is 1.